The van der Waals surface area contributed by atoms with E-state index in [4.69, 9.17) is 9.68 Å². The van der Waals surface area contributed by atoms with Gasteiger partial charge in [-0.05, 0) is 59.4 Å². The summed E-state index contributed by atoms with van der Waals surface area (Å²) in [5, 5.41) is 5.14. The van der Waals surface area contributed by atoms with E-state index in [9.17, 15) is 14.4 Å². The first-order chi connectivity index (χ1) is 16.5. The van der Waals surface area contributed by atoms with Crippen molar-refractivity contribution in [1.29, 1.82) is 0 Å². The third-order valence-corrected chi connectivity index (χ3v) is 6.77. The summed E-state index contributed by atoms with van der Waals surface area (Å²) in [6, 6.07) is 12.0. The first-order valence-electron chi connectivity index (χ1n) is 11.7. The molecule has 0 fully saturated rings. The molecule has 0 spiro atoms. The number of halogens is 1. The summed E-state index contributed by atoms with van der Waals surface area (Å²) in [6.45, 7) is 10.0. The Labute approximate surface area is 214 Å². The fraction of sp³-hybridized carbons (Fsp3) is 0.407. The van der Waals surface area contributed by atoms with Gasteiger partial charge in [0.05, 0.1) is 11.8 Å². The highest BCUT2D eigenvalue weighted by Gasteiger charge is 2.39. The van der Waals surface area contributed by atoms with Gasteiger partial charge in [-0.2, -0.15) is 5.06 Å². The number of hydrogen-bond acceptors (Lipinski definition) is 6. The first kappa shape index (κ1) is 26.6. The van der Waals surface area contributed by atoms with Crippen LogP contribution in [0.2, 0.25) is 0 Å². The van der Waals surface area contributed by atoms with Gasteiger partial charge < -0.3 is 9.68 Å². The molecular weight excluding hydrogens is 512 g/mol. The lowest BCUT2D eigenvalue weighted by Crippen LogP contribution is -2.39. The van der Waals surface area contributed by atoms with Crippen LogP contribution in [0.5, 0.6) is 0 Å². The smallest absolute Gasteiger partial charge is 0.331 e. The van der Waals surface area contributed by atoms with Crippen molar-refractivity contribution >= 4 is 39.5 Å². The molecule has 0 bridgehead atoms. The molecular formula is C27H31BrN2O5. The van der Waals surface area contributed by atoms with E-state index in [0.29, 0.717) is 5.71 Å². The van der Waals surface area contributed by atoms with E-state index in [1.807, 2.05) is 6.07 Å². The molecule has 0 saturated carbocycles. The van der Waals surface area contributed by atoms with E-state index in [1.54, 1.807) is 6.92 Å². The number of carbonyl (C=O) groups excluding carboxylic acids is 3. The van der Waals surface area contributed by atoms with Gasteiger partial charge in [0, 0.05) is 37.1 Å². The Morgan fingerprint density at radius 2 is 1.66 bits per heavy atom. The van der Waals surface area contributed by atoms with Crippen LogP contribution in [0.4, 0.5) is 0 Å². The van der Waals surface area contributed by atoms with Gasteiger partial charge in [-0.1, -0.05) is 59.6 Å². The maximum Gasteiger partial charge on any atom is 0.331 e. The largest absolute Gasteiger partial charge is 0.338 e. The zero-order valence-electron chi connectivity index (χ0n) is 21.0. The molecule has 0 aromatic heterocycles. The molecule has 0 saturated heterocycles. The maximum absolute atomic E-state index is 12.1. The monoisotopic (exact) mass is 542 g/mol. The first-order valence-corrected chi connectivity index (χ1v) is 12.4. The summed E-state index contributed by atoms with van der Waals surface area (Å²) < 4.78 is 1.03. The Morgan fingerprint density at radius 1 is 1.03 bits per heavy atom. The Bertz CT molecular complexity index is 1190. The summed E-state index contributed by atoms with van der Waals surface area (Å²) in [7, 11) is 0. The molecule has 2 aromatic carbocycles. The van der Waals surface area contributed by atoms with Crippen LogP contribution in [0.3, 0.4) is 0 Å². The summed E-state index contributed by atoms with van der Waals surface area (Å²) in [6.07, 6.45) is 2.18. The summed E-state index contributed by atoms with van der Waals surface area (Å²) in [5.41, 5.74) is 5.87. The predicted molar refractivity (Wildman–Crippen MR) is 138 cm³/mol. The van der Waals surface area contributed by atoms with E-state index < -0.39 is 23.9 Å². The molecule has 0 radical (unpaired) electrons. The Hall–Kier alpha value is -3.00. The Kier molecular flexibility index (Phi) is 8.15. The highest BCUT2D eigenvalue weighted by Crippen LogP contribution is 2.52. The van der Waals surface area contributed by atoms with Crippen LogP contribution in [0.15, 0.2) is 46.0 Å². The highest BCUT2D eigenvalue weighted by atomic mass is 79.9. The molecule has 7 nitrogen and oxygen atoms in total. The number of hydrogen-bond donors (Lipinski definition) is 0. The van der Waals surface area contributed by atoms with Crippen molar-refractivity contribution in [3.63, 3.8) is 0 Å². The van der Waals surface area contributed by atoms with Crippen molar-refractivity contribution in [2.75, 3.05) is 0 Å². The van der Waals surface area contributed by atoms with E-state index in [0.717, 1.165) is 33.5 Å². The molecule has 0 heterocycles. The second-order valence-electron chi connectivity index (χ2n) is 9.13. The quantitative estimate of drug-likeness (QED) is 0.246. The lowest BCUT2D eigenvalue weighted by molar-refractivity contribution is -0.202. The number of benzene rings is 2. The van der Waals surface area contributed by atoms with Gasteiger partial charge in [0.15, 0.2) is 0 Å². The third-order valence-electron chi connectivity index (χ3n) is 6.27. The van der Waals surface area contributed by atoms with Crippen molar-refractivity contribution < 1.29 is 24.1 Å². The summed E-state index contributed by atoms with van der Waals surface area (Å²) in [4.78, 5) is 45.3. The topological polar surface area (TPSA) is 85.3 Å². The van der Waals surface area contributed by atoms with E-state index in [-0.39, 0.29) is 11.8 Å². The van der Waals surface area contributed by atoms with Crippen LogP contribution in [0.1, 0.15) is 77.5 Å². The number of hydroxylamine groups is 2. The van der Waals surface area contributed by atoms with Crippen LogP contribution in [0, 0.1) is 0 Å². The van der Waals surface area contributed by atoms with E-state index in [2.05, 4.69) is 65.3 Å². The molecule has 35 heavy (non-hydrogen) atoms. The van der Waals surface area contributed by atoms with Crippen molar-refractivity contribution in [3.8, 4) is 11.1 Å². The second-order valence-corrected chi connectivity index (χ2v) is 10.0. The van der Waals surface area contributed by atoms with Gasteiger partial charge in [-0.25, -0.2) is 4.79 Å². The molecule has 1 aliphatic carbocycles. The van der Waals surface area contributed by atoms with Crippen LogP contribution in [-0.2, 0) is 29.5 Å². The minimum atomic E-state index is -0.595. The van der Waals surface area contributed by atoms with Crippen molar-refractivity contribution in [1.82, 2.24) is 5.06 Å². The third kappa shape index (κ3) is 5.64. The van der Waals surface area contributed by atoms with Gasteiger partial charge in [0.25, 0.3) is 5.91 Å². The van der Waals surface area contributed by atoms with Gasteiger partial charge in [0.2, 0.25) is 0 Å². The number of nitrogens with zero attached hydrogens (tertiary/aromatic N) is 2. The number of oxime groups is 1. The van der Waals surface area contributed by atoms with Gasteiger partial charge >= 0.3 is 11.9 Å². The minimum absolute atomic E-state index is 0.194. The predicted octanol–water partition coefficient (Wildman–Crippen LogP) is 5.91. The standard InChI is InChI=1S/C27H31BrN2O5/c1-7-12-27(6)24-14-20(8-10-22(24)23-11-9-21(28)15-25(23)27)26(29-34-18(4)32)13-16(2)30(17(3)31)35-19(5)33/h8-11,14-16H,7,12-13H2,1-6H3/b29-26+. The Morgan fingerprint density at radius 3 is 2.23 bits per heavy atom. The number of amides is 1. The molecule has 1 aliphatic rings. The minimum Gasteiger partial charge on any atom is -0.338 e. The average molecular weight is 543 g/mol. The van der Waals surface area contributed by atoms with Crippen LogP contribution >= 0.6 is 15.9 Å². The summed E-state index contributed by atoms with van der Waals surface area (Å²) in [5.74, 6) is -1.56. The fourth-order valence-corrected chi connectivity index (χ4v) is 5.19. The Balaban J connectivity index is 2.07. The van der Waals surface area contributed by atoms with Gasteiger partial charge in [-0.3, -0.25) is 9.59 Å². The number of fused-ring (bicyclic) bond motifs is 3. The molecule has 2 unspecified atom stereocenters. The molecule has 186 valence electrons. The number of carbonyl (C=O) groups is 3. The fourth-order valence-electron chi connectivity index (χ4n) is 4.83. The molecule has 8 heteroatoms. The van der Waals surface area contributed by atoms with Gasteiger partial charge in [-0.15, -0.1) is 0 Å². The molecule has 1 amide bonds. The van der Waals surface area contributed by atoms with Crippen molar-refractivity contribution in [2.45, 2.75) is 72.3 Å². The van der Waals surface area contributed by atoms with Crippen LogP contribution < -0.4 is 0 Å². The zero-order chi connectivity index (χ0) is 25.9. The SMILES string of the molecule is CCCC1(C)c2cc(Br)ccc2-c2ccc(/C(CC(C)N(OC(C)=O)C(C)=O)=N/OC(C)=O)cc21. The zero-order valence-corrected chi connectivity index (χ0v) is 22.6. The van der Waals surface area contributed by atoms with Crippen molar-refractivity contribution in [3.05, 3.63) is 57.6 Å². The molecule has 0 N–H and O–H groups in total. The molecule has 2 atom stereocenters. The van der Waals surface area contributed by atoms with E-state index in [1.165, 1.54) is 37.5 Å². The molecule has 2 aromatic rings. The normalized spacial score (nSPS) is 17.3. The second kappa shape index (κ2) is 10.7. The van der Waals surface area contributed by atoms with Gasteiger partial charge in [0.1, 0.15) is 0 Å². The number of rotatable bonds is 7. The average Bonchev–Trinajstić information content (AvgIpc) is 3.02. The van der Waals surface area contributed by atoms with E-state index >= 15 is 0 Å². The summed E-state index contributed by atoms with van der Waals surface area (Å²) >= 11 is 3.62. The lowest BCUT2D eigenvalue weighted by atomic mass is 9.76. The van der Waals surface area contributed by atoms with Crippen LogP contribution in [-0.4, -0.2) is 34.7 Å². The van der Waals surface area contributed by atoms with Crippen molar-refractivity contribution in [2.24, 2.45) is 5.16 Å². The maximum atomic E-state index is 12.1. The highest BCUT2D eigenvalue weighted by molar-refractivity contribution is 9.10. The molecule has 3 rings (SSSR count). The van der Waals surface area contributed by atoms with Crippen LogP contribution in [0.25, 0.3) is 11.1 Å². The molecule has 0 aliphatic heterocycles. The lowest BCUT2D eigenvalue weighted by Gasteiger charge is -2.28.